The highest BCUT2D eigenvalue weighted by Gasteiger charge is 2.28. The van der Waals surface area contributed by atoms with Crippen molar-refractivity contribution in [2.24, 2.45) is 5.92 Å². The van der Waals surface area contributed by atoms with Gasteiger partial charge in [-0.15, -0.1) is 0 Å². The molecule has 96 valence electrons. The highest BCUT2D eigenvalue weighted by molar-refractivity contribution is 5.85. The molecule has 0 unspecified atom stereocenters. The van der Waals surface area contributed by atoms with E-state index in [0.717, 1.165) is 25.7 Å². The highest BCUT2D eigenvalue weighted by atomic mass is 16.4. The van der Waals surface area contributed by atoms with Crippen LogP contribution in [0.1, 0.15) is 37.3 Å². The Kier molecular flexibility index (Phi) is 3.97. The van der Waals surface area contributed by atoms with E-state index in [4.69, 9.17) is 0 Å². The Morgan fingerprint density at radius 3 is 2.33 bits per heavy atom. The van der Waals surface area contributed by atoms with Gasteiger partial charge in [-0.3, -0.25) is 4.79 Å². The Bertz CT molecular complexity index is 424. The quantitative estimate of drug-likeness (QED) is 0.856. The van der Waals surface area contributed by atoms with Gasteiger partial charge < -0.3 is 10.4 Å². The lowest BCUT2D eigenvalue weighted by molar-refractivity contribution is -0.142. The summed E-state index contributed by atoms with van der Waals surface area (Å²) in [6, 6.07) is 7.85. The van der Waals surface area contributed by atoms with Crippen LogP contribution in [0.25, 0.3) is 0 Å². The van der Waals surface area contributed by atoms with Crippen LogP contribution in [0.3, 0.4) is 0 Å². The molecule has 2 rings (SSSR count). The van der Waals surface area contributed by atoms with E-state index < -0.39 is 12.0 Å². The van der Waals surface area contributed by atoms with Crippen LogP contribution >= 0.6 is 0 Å². The maximum absolute atomic E-state index is 12.0. The predicted octanol–water partition coefficient (Wildman–Crippen LogP) is 2.12. The van der Waals surface area contributed by atoms with Crippen LogP contribution in [-0.2, 0) is 9.59 Å². The van der Waals surface area contributed by atoms with Crippen molar-refractivity contribution in [3.8, 4) is 0 Å². The molecule has 1 aromatic rings. The zero-order chi connectivity index (χ0) is 13.0. The van der Waals surface area contributed by atoms with Crippen LogP contribution in [0, 0.1) is 5.92 Å². The van der Waals surface area contributed by atoms with Crippen molar-refractivity contribution in [3.05, 3.63) is 35.9 Å². The molecule has 1 aliphatic carbocycles. The summed E-state index contributed by atoms with van der Waals surface area (Å²) >= 11 is 0. The van der Waals surface area contributed by atoms with E-state index in [-0.39, 0.29) is 11.8 Å². The van der Waals surface area contributed by atoms with Gasteiger partial charge in [0.25, 0.3) is 0 Å². The summed E-state index contributed by atoms with van der Waals surface area (Å²) in [7, 11) is 0. The van der Waals surface area contributed by atoms with E-state index in [1.807, 2.05) is 6.07 Å². The second-order valence-electron chi connectivity index (χ2n) is 4.67. The molecule has 0 saturated heterocycles. The van der Waals surface area contributed by atoms with Crippen LogP contribution < -0.4 is 5.32 Å². The number of nitrogens with one attached hydrogen (secondary N) is 1. The van der Waals surface area contributed by atoms with Gasteiger partial charge in [0, 0.05) is 5.92 Å². The average Bonchev–Trinajstić information content (AvgIpc) is 2.90. The maximum Gasteiger partial charge on any atom is 0.330 e. The molecule has 0 aromatic heterocycles. The molecule has 0 bridgehead atoms. The SMILES string of the molecule is O=C(N[C@H](C(=O)O)c1ccccc1)C1CCCC1. The average molecular weight is 247 g/mol. The lowest BCUT2D eigenvalue weighted by Crippen LogP contribution is -2.37. The Morgan fingerprint density at radius 1 is 1.17 bits per heavy atom. The summed E-state index contributed by atoms with van der Waals surface area (Å²) in [5, 5.41) is 11.8. The zero-order valence-electron chi connectivity index (χ0n) is 10.1. The summed E-state index contributed by atoms with van der Waals surface area (Å²) in [6.45, 7) is 0. The first-order valence-corrected chi connectivity index (χ1v) is 6.26. The van der Waals surface area contributed by atoms with E-state index in [0.29, 0.717) is 5.56 Å². The van der Waals surface area contributed by atoms with Gasteiger partial charge >= 0.3 is 5.97 Å². The first-order valence-electron chi connectivity index (χ1n) is 6.26. The first kappa shape index (κ1) is 12.6. The second kappa shape index (κ2) is 5.67. The highest BCUT2D eigenvalue weighted by Crippen LogP contribution is 2.25. The number of amides is 1. The second-order valence-corrected chi connectivity index (χ2v) is 4.67. The minimum absolute atomic E-state index is 0.0180. The van der Waals surface area contributed by atoms with Crippen LogP contribution in [0.4, 0.5) is 0 Å². The van der Waals surface area contributed by atoms with Crippen molar-refractivity contribution in [2.75, 3.05) is 0 Å². The summed E-state index contributed by atoms with van der Waals surface area (Å²) in [5.41, 5.74) is 0.608. The van der Waals surface area contributed by atoms with Gasteiger partial charge in [0.2, 0.25) is 5.91 Å². The van der Waals surface area contributed by atoms with E-state index in [1.54, 1.807) is 24.3 Å². The van der Waals surface area contributed by atoms with Gasteiger partial charge in [-0.25, -0.2) is 4.79 Å². The van der Waals surface area contributed by atoms with E-state index in [2.05, 4.69) is 5.32 Å². The van der Waals surface area contributed by atoms with Gasteiger partial charge in [0.05, 0.1) is 0 Å². The number of carboxylic acids is 1. The molecule has 18 heavy (non-hydrogen) atoms. The largest absolute Gasteiger partial charge is 0.479 e. The van der Waals surface area contributed by atoms with Crippen molar-refractivity contribution in [2.45, 2.75) is 31.7 Å². The summed E-state index contributed by atoms with van der Waals surface area (Å²) in [5.74, 6) is -1.17. The van der Waals surface area contributed by atoms with Crippen molar-refractivity contribution < 1.29 is 14.7 Å². The maximum atomic E-state index is 12.0. The molecule has 1 amide bonds. The molecule has 4 nitrogen and oxygen atoms in total. The van der Waals surface area contributed by atoms with E-state index >= 15 is 0 Å². The third kappa shape index (κ3) is 2.88. The molecule has 0 spiro atoms. The van der Waals surface area contributed by atoms with Crippen molar-refractivity contribution in [3.63, 3.8) is 0 Å². The third-order valence-corrected chi connectivity index (χ3v) is 3.39. The summed E-state index contributed by atoms with van der Waals surface area (Å²) in [4.78, 5) is 23.2. The minimum atomic E-state index is -1.02. The molecule has 1 atom stereocenters. The number of benzene rings is 1. The van der Waals surface area contributed by atoms with E-state index in [9.17, 15) is 14.7 Å². The van der Waals surface area contributed by atoms with Crippen LogP contribution in [0.15, 0.2) is 30.3 Å². The Hall–Kier alpha value is -1.84. The molecule has 0 heterocycles. The van der Waals surface area contributed by atoms with Crippen LogP contribution in [0.2, 0.25) is 0 Å². The minimum Gasteiger partial charge on any atom is -0.479 e. The smallest absolute Gasteiger partial charge is 0.330 e. The molecule has 0 aliphatic heterocycles. The fourth-order valence-corrected chi connectivity index (χ4v) is 2.38. The molecule has 4 heteroatoms. The zero-order valence-corrected chi connectivity index (χ0v) is 10.1. The first-order chi connectivity index (χ1) is 8.68. The van der Waals surface area contributed by atoms with Gasteiger partial charge in [0.1, 0.15) is 0 Å². The number of hydrogen-bond donors (Lipinski definition) is 2. The lowest BCUT2D eigenvalue weighted by Gasteiger charge is -2.17. The molecular formula is C14H17NO3. The predicted molar refractivity (Wildman–Crippen MR) is 66.9 cm³/mol. The van der Waals surface area contributed by atoms with Gasteiger partial charge in [-0.2, -0.15) is 0 Å². The molecule has 1 aromatic carbocycles. The fraction of sp³-hybridized carbons (Fsp3) is 0.429. The lowest BCUT2D eigenvalue weighted by atomic mass is 10.0. The number of hydrogen-bond acceptors (Lipinski definition) is 2. The molecule has 0 radical (unpaired) electrons. The van der Waals surface area contributed by atoms with Crippen molar-refractivity contribution >= 4 is 11.9 Å². The molecular weight excluding hydrogens is 230 g/mol. The van der Waals surface area contributed by atoms with Crippen molar-refractivity contribution in [1.82, 2.24) is 5.32 Å². The van der Waals surface area contributed by atoms with Gasteiger partial charge in [-0.1, -0.05) is 43.2 Å². The number of carbonyl (C=O) groups excluding carboxylic acids is 1. The van der Waals surface area contributed by atoms with E-state index in [1.165, 1.54) is 0 Å². The standard InChI is InChI=1S/C14H17NO3/c16-13(11-8-4-5-9-11)15-12(14(17)18)10-6-2-1-3-7-10/h1-3,6-7,11-12H,4-5,8-9H2,(H,15,16)(H,17,18)/t12-/m0/s1. The van der Waals surface area contributed by atoms with Crippen LogP contribution in [-0.4, -0.2) is 17.0 Å². The van der Waals surface area contributed by atoms with Crippen molar-refractivity contribution in [1.29, 1.82) is 0 Å². The molecule has 2 N–H and O–H groups in total. The monoisotopic (exact) mass is 247 g/mol. The van der Waals surface area contributed by atoms with Gasteiger partial charge in [0.15, 0.2) is 6.04 Å². The number of carbonyl (C=O) groups is 2. The Balaban J connectivity index is 2.07. The third-order valence-electron chi connectivity index (χ3n) is 3.39. The number of aliphatic carboxylic acids is 1. The summed E-state index contributed by atoms with van der Waals surface area (Å²) < 4.78 is 0. The molecule has 1 fully saturated rings. The molecule has 1 aliphatic rings. The molecule has 1 saturated carbocycles. The Morgan fingerprint density at radius 2 is 1.78 bits per heavy atom. The Labute approximate surface area is 106 Å². The number of rotatable bonds is 4. The number of carboxylic acid groups (broad SMARTS) is 1. The van der Waals surface area contributed by atoms with Gasteiger partial charge in [-0.05, 0) is 18.4 Å². The van der Waals surface area contributed by atoms with Crippen LogP contribution in [0.5, 0.6) is 0 Å². The topological polar surface area (TPSA) is 66.4 Å². The summed E-state index contributed by atoms with van der Waals surface area (Å²) in [6.07, 6.45) is 3.85. The normalized spacial score (nSPS) is 17.3. The fourth-order valence-electron chi connectivity index (χ4n) is 2.38.